The third-order valence-electron chi connectivity index (χ3n) is 2.65. The molecule has 0 aromatic carbocycles. The lowest BCUT2D eigenvalue weighted by Gasteiger charge is -2.16. The van der Waals surface area contributed by atoms with E-state index in [1.165, 1.54) is 26.1 Å². The molecule has 0 amide bonds. The summed E-state index contributed by atoms with van der Waals surface area (Å²) in [5.41, 5.74) is 0.242. The first-order valence-corrected chi connectivity index (χ1v) is 5.32. The van der Waals surface area contributed by atoms with Crippen molar-refractivity contribution < 1.29 is 9.53 Å². The molecular formula is C11H15N3O2. The third kappa shape index (κ3) is 2.48. The summed E-state index contributed by atoms with van der Waals surface area (Å²) in [6.45, 7) is 1.01. The van der Waals surface area contributed by atoms with E-state index in [1.54, 1.807) is 6.20 Å². The van der Waals surface area contributed by atoms with E-state index in [1.807, 2.05) is 7.05 Å². The predicted octanol–water partition coefficient (Wildman–Crippen LogP) is 1.11. The van der Waals surface area contributed by atoms with E-state index >= 15 is 0 Å². The number of nitrogens with zero attached hydrogens (tertiary/aromatic N) is 3. The molecular weight excluding hydrogens is 206 g/mol. The zero-order chi connectivity index (χ0) is 11.5. The van der Waals surface area contributed by atoms with E-state index in [2.05, 4.69) is 19.6 Å². The van der Waals surface area contributed by atoms with Gasteiger partial charge in [-0.3, -0.25) is 0 Å². The highest BCUT2D eigenvalue weighted by Crippen LogP contribution is 2.30. The second-order valence-corrected chi connectivity index (χ2v) is 4.08. The first-order chi connectivity index (χ1) is 7.70. The summed E-state index contributed by atoms with van der Waals surface area (Å²) in [7, 11) is 3.32. The van der Waals surface area contributed by atoms with Gasteiger partial charge in [-0.15, -0.1) is 0 Å². The highest BCUT2D eigenvalue weighted by Gasteiger charge is 2.23. The summed E-state index contributed by atoms with van der Waals surface area (Å²) < 4.78 is 4.56. The number of methoxy groups -OCH3 is 1. The Morgan fingerprint density at radius 1 is 1.50 bits per heavy atom. The van der Waals surface area contributed by atoms with Crippen molar-refractivity contribution in [1.29, 1.82) is 0 Å². The molecule has 1 aromatic heterocycles. The highest BCUT2D eigenvalue weighted by atomic mass is 16.5. The second-order valence-electron chi connectivity index (χ2n) is 4.08. The smallest absolute Gasteiger partial charge is 0.358 e. The molecule has 1 aliphatic carbocycles. The molecule has 1 saturated carbocycles. The molecule has 0 radical (unpaired) electrons. The van der Waals surface area contributed by atoms with Crippen LogP contribution in [-0.2, 0) is 4.74 Å². The Morgan fingerprint density at radius 2 is 2.25 bits per heavy atom. The van der Waals surface area contributed by atoms with E-state index in [0.717, 1.165) is 18.3 Å². The van der Waals surface area contributed by atoms with Gasteiger partial charge in [0.15, 0.2) is 5.69 Å². The summed E-state index contributed by atoms with van der Waals surface area (Å²) >= 11 is 0. The van der Waals surface area contributed by atoms with E-state index < -0.39 is 5.97 Å². The van der Waals surface area contributed by atoms with Crippen LogP contribution in [0, 0.1) is 5.92 Å². The summed E-state index contributed by atoms with van der Waals surface area (Å²) in [6.07, 6.45) is 5.66. The van der Waals surface area contributed by atoms with Crippen LogP contribution in [0.25, 0.3) is 0 Å². The van der Waals surface area contributed by atoms with Crippen molar-refractivity contribution in [2.75, 3.05) is 25.6 Å². The molecule has 5 nitrogen and oxygen atoms in total. The number of rotatable bonds is 4. The van der Waals surface area contributed by atoms with Crippen LogP contribution in [0.15, 0.2) is 12.4 Å². The Hall–Kier alpha value is -1.65. The van der Waals surface area contributed by atoms with Gasteiger partial charge in [-0.2, -0.15) is 0 Å². The molecule has 0 unspecified atom stereocenters. The van der Waals surface area contributed by atoms with Gasteiger partial charge in [0.25, 0.3) is 0 Å². The fraction of sp³-hybridized carbons (Fsp3) is 0.545. The summed E-state index contributed by atoms with van der Waals surface area (Å²) in [4.78, 5) is 21.4. The van der Waals surface area contributed by atoms with Crippen molar-refractivity contribution in [2.45, 2.75) is 12.8 Å². The Kier molecular flexibility index (Phi) is 3.03. The quantitative estimate of drug-likeness (QED) is 0.713. The van der Waals surface area contributed by atoms with Gasteiger partial charge in [-0.25, -0.2) is 14.8 Å². The third-order valence-corrected chi connectivity index (χ3v) is 2.65. The first-order valence-electron chi connectivity index (χ1n) is 5.32. The van der Waals surface area contributed by atoms with Crippen molar-refractivity contribution in [3.63, 3.8) is 0 Å². The SMILES string of the molecule is COC(=O)c1cnc(N(C)CC2CC2)cn1. The van der Waals surface area contributed by atoms with Crippen molar-refractivity contribution >= 4 is 11.8 Å². The minimum Gasteiger partial charge on any atom is -0.464 e. The number of carbonyl (C=O) groups is 1. The Balaban J connectivity index is 2.02. The molecule has 5 heteroatoms. The van der Waals surface area contributed by atoms with Crippen LogP contribution in [0.1, 0.15) is 23.3 Å². The Morgan fingerprint density at radius 3 is 2.75 bits per heavy atom. The lowest BCUT2D eigenvalue weighted by molar-refractivity contribution is 0.0593. The van der Waals surface area contributed by atoms with E-state index in [9.17, 15) is 4.79 Å². The van der Waals surface area contributed by atoms with E-state index in [0.29, 0.717) is 0 Å². The fourth-order valence-corrected chi connectivity index (χ4v) is 1.51. The standard InChI is InChI=1S/C11H15N3O2/c1-14(7-8-3-4-8)10-6-12-9(5-13-10)11(15)16-2/h5-6,8H,3-4,7H2,1-2H3. The number of esters is 1. The van der Waals surface area contributed by atoms with Crippen LogP contribution in [0.3, 0.4) is 0 Å². The topological polar surface area (TPSA) is 55.3 Å². The van der Waals surface area contributed by atoms with Crippen LogP contribution in [0.5, 0.6) is 0 Å². The van der Waals surface area contributed by atoms with Gasteiger partial charge in [0, 0.05) is 13.6 Å². The second kappa shape index (κ2) is 4.47. The molecule has 1 fully saturated rings. The average molecular weight is 221 g/mol. The number of hydrogen-bond donors (Lipinski definition) is 0. The molecule has 1 heterocycles. The number of ether oxygens (including phenoxy) is 1. The van der Waals surface area contributed by atoms with Crippen LogP contribution in [-0.4, -0.2) is 36.6 Å². The molecule has 0 N–H and O–H groups in total. The Bertz CT molecular complexity index is 373. The maximum Gasteiger partial charge on any atom is 0.358 e. The molecule has 0 spiro atoms. The van der Waals surface area contributed by atoms with Gasteiger partial charge >= 0.3 is 5.97 Å². The highest BCUT2D eigenvalue weighted by molar-refractivity contribution is 5.86. The number of aromatic nitrogens is 2. The Labute approximate surface area is 94.5 Å². The maximum atomic E-state index is 11.1. The van der Waals surface area contributed by atoms with E-state index in [-0.39, 0.29) is 5.69 Å². The number of carbonyl (C=O) groups excluding carboxylic acids is 1. The summed E-state index contributed by atoms with van der Waals surface area (Å²) in [5.74, 6) is 1.13. The van der Waals surface area contributed by atoms with Gasteiger partial charge in [0.1, 0.15) is 5.82 Å². The van der Waals surface area contributed by atoms with Gasteiger partial charge in [0.2, 0.25) is 0 Å². The predicted molar refractivity (Wildman–Crippen MR) is 59.4 cm³/mol. The molecule has 86 valence electrons. The van der Waals surface area contributed by atoms with E-state index in [4.69, 9.17) is 0 Å². The van der Waals surface area contributed by atoms with Crippen LogP contribution < -0.4 is 4.90 Å². The lowest BCUT2D eigenvalue weighted by atomic mass is 10.4. The number of anilines is 1. The average Bonchev–Trinajstić information content (AvgIpc) is 3.12. The van der Waals surface area contributed by atoms with Gasteiger partial charge in [0.05, 0.1) is 19.5 Å². The molecule has 1 aliphatic rings. The summed E-state index contributed by atoms with van der Waals surface area (Å²) in [6, 6.07) is 0. The maximum absolute atomic E-state index is 11.1. The molecule has 0 bridgehead atoms. The fourth-order valence-electron chi connectivity index (χ4n) is 1.51. The normalized spacial score (nSPS) is 14.6. The summed E-state index contributed by atoms with van der Waals surface area (Å²) in [5, 5.41) is 0. The molecule has 16 heavy (non-hydrogen) atoms. The molecule has 0 atom stereocenters. The minimum absolute atomic E-state index is 0.242. The number of hydrogen-bond acceptors (Lipinski definition) is 5. The first kappa shape index (κ1) is 10.9. The molecule has 2 rings (SSSR count). The van der Waals surface area contributed by atoms with Crippen molar-refractivity contribution in [3.8, 4) is 0 Å². The van der Waals surface area contributed by atoms with Crippen molar-refractivity contribution in [1.82, 2.24) is 9.97 Å². The van der Waals surface area contributed by atoms with Crippen molar-refractivity contribution in [2.24, 2.45) is 5.92 Å². The molecule has 1 aromatic rings. The minimum atomic E-state index is -0.455. The van der Waals surface area contributed by atoms with Gasteiger partial charge in [-0.1, -0.05) is 0 Å². The molecule has 0 aliphatic heterocycles. The van der Waals surface area contributed by atoms with Crippen molar-refractivity contribution in [3.05, 3.63) is 18.1 Å². The lowest BCUT2D eigenvalue weighted by Crippen LogP contribution is -2.21. The van der Waals surface area contributed by atoms with Gasteiger partial charge in [-0.05, 0) is 18.8 Å². The van der Waals surface area contributed by atoms with Crippen LogP contribution >= 0.6 is 0 Å². The zero-order valence-electron chi connectivity index (χ0n) is 9.51. The molecule has 0 saturated heterocycles. The van der Waals surface area contributed by atoms with Gasteiger partial charge < -0.3 is 9.64 Å². The monoisotopic (exact) mass is 221 g/mol. The van der Waals surface area contributed by atoms with Crippen LogP contribution in [0.4, 0.5) is 5.82 Å². The zero-order valence-corrected chi connectivity index (χ0v) is 9.51. The van der Waals surface area contributed by atoms with Crippen LogP contribution in [0.2, 0.25) is 0 Å². The largest absolute Gasteiger partial charge is 0.464 e.